The summed E-state index contributed by atoms with van der Waals surface area (Å²) in [5.74, 6) is 0.465. The van der Waals surface area contributed by atoms with E-state index in [1.54, 1.807) is 0 Å². The van der Waals surface area contributed by atoms with E-state index in [-0.39, 0.29) is 12.5 Å². The van der Waals surface area contributed by atoms with Crippen molar-refractivity contribution in [3.63, 3.8) is 0 Å². The van der Waals surface area contributed by atoms with Crippen molar-refractivity contribution in [1.29, 1.82) is 0 Å². The molecule has 6 heteroatoms. The Kier molecular flexibility index (Phi) is 5.43. The molecule has 0 radical (unpaired) electrons. The maximum Gasteiger partial charge on any atom is 0.243 e. The minimum atomic E-state index is -0.0835. The molecule has 2 rings (SSSR count). The molecule has 0 spiro atoms. The number of hydrogen-bond donors (Lipinski definition) is 1. The third-order valence-electron chi connectivity index (χ3n) is 3.23. The van der Waals surface area contributed by atoms with Gasteiger partial charge in [-0.3, -0.25) is 4.79 Å². The molecule has 0 fully saturated rings. The van der Waals surface area contributed by atoms with Gasteiger partial charge in [0.2, 0.25) is 11.7 Å². The number of unbranched alkanes of at least 4 members (excludes halogenated alkanes) is 2. The zero-order valence-electron chi connectivity index (χ0n) is 12.5. The summed E-state index contributed by atoms with van der Waals surface area (Å²) in [6.07, 6.45) is 3.26. The van der Waals surface area contributed by atoms with Gasteiger partial charge in [0.05, 0.1) is 0 Å². The lowest BCUT2D eigenvalue weighted by molar-refractivity contribution is -0.122. The summed E-state index contributed by atoms with van der Waals surface area (Å²) in [6, 6.07) is 7.84. The van der Waals surface area contributed by atoms with Gasteiger partial charge >= 0.3 is 0 Å². The van der Waals surface area contributed by atoms with Crippen LogP contribution in [0.5, 0.6) is 0 Å². The first-order valence-corrected chi connectivity index (χ1v) is 7.31. The van der Waals surface area contributed by atoms with Crippen molar-refractivity contribution in [1.82, 2.24) is 25.5 Å². The fraction of sp³-hybridized carbons (Fsp3) is 0.467. The van der Waals surface area contributed by atoms with E-state index in [1.807, 2.05) is 31.2 Å². The third kappa shape index (κ3) is 4.37. The molecule has 21 heavy (non-hydrogen) atoms. The van der Waals surface area contributed by atoms with Crippen molar-refractivity contribution in [2.75, 3.05) is 6.54 Å². The highest BCUT2D eigenvalue weighted by atomic mass is 16.2. The molecular formula is C15H21N5O. The van der Waals surface area contributed by atoms with Crippen LogP contribution in [0.3, 0.4) is 0 Å². The maximum absolute atomic E-state index is 11.7. The van der Waals surface area contributed by atoms with Crippen LogP contribution in [0.25, 0.3) is 11.4 Å². The number of hydrogen-bond acceptors (Lipinski definition) is 4. The van der Waals surface area contributed by atoms with Gasteiger partial charge in [-0.05, 0) is 24.1 Å². The molecule has 0 atom stereocenters. The van der Waals surface area contributed by atoms with Crippen molar-refractivity contribution in [3.8, 4) is 11.4 Å². The van der Waals surface area contributed by atoms with Gasteiger partial charge < -0.3 is 5.32 Å². The van der Waals surface area contributed by atoms with Gasteiger partial charge in [0, 0.05) is 12.1 Å². The molecule has 1 amide bonds. The number of rotatable bonds is 7. The van der Waals surface area contributed by atoms with Gasteiger partial charge in [0.25, 0.3) is 0 Å². The number of benzene rings is 1. The number of carbonyl (C=O) groups excluding carboxylic acids is 1. The first-order valence-electron chi connectivity index (χ1n) is 7.31. The second-order valence-electron chi connectivity index (χ2n) is 5.02. The third-order valence-corrected chi connectivity index (χ3v) is 3.23. The molecule has 0 aliphatic heterocycles. The van der Waals surface area contributed by atoms with E-state index in [2.05, 4.69) is 27.7 Å². The summed E-state index contributed by atoms with van der Waals surface area (Å²) in [4.78, 5) is 13.1. The van der Waals surface area contributed by atoms with Crippen LogP contribution in [-0.2, 0) is 11.3 Å². The predicted octanol–water partition coefficient (Wildman–Crippen LogP) is 1.95. The Morgan fingerprint density at radius 1 is 1.29 bits per heavy atom. The second kappa shape index (κ2) is 7.52. The molecule has 0 bridgehead atoms. The lowest BCUT2D eigenvalue weighted by Crippen LogP contribution is -2.29. The number of carbonyl (C=O) groups is 1. The highest BCUT2D eigenvalue weighted by Gasteiger charge is 2.10. The van der Waals surface area contributed by atoms with Crippen LogP contribution in [0.15, 0.2) is 24.3 Å². The van der Waals surface area contributed by atoms with Gasteiger partial charge in [-0.15, -0.1) is 10.2 Å². The van der Waals surface area contributed by atoms with Crippen LogP contribution in [0, 0.1) is 6.92 Å². The molecule has 1 aromatic heterocycles. The number of aryl methyl sites for hydroxylation is 1. The van der Waals surface area contributed by atoms with E-state index in [9.17, 15) is 4.79 Å². The largest absolute Gasteiger partial charge is 0.354 e. The van der Waals surface area contributed by atoms with E-state index < -0.39 is 0 Å². The SMILES string of the molecule is CCCCCNC(=O)Cn1nnc(-c2ccccc2C)n1. The van der Waals surface area contributed by atoms with Crippen LogP contribution in [0.2, 0.25) is 0 Å². The van der Waals surface area contributed by atoms with Crippen LogP contribution < -0.4 is 5.32 Å². The quantitative estimate of drug-likeness (QED) is 0.790. The van der Waals surface area contributed by atoms with Gasteiger partial charge in [0.1, 0.15) is 6.54 Å². The van der Waals surface area contributed by atoms with Gasteiger partial charge in [-0.1, -0.05) is 44.0 Å². The lowest BCUT2D eigenvalue weighted by Gasteiger charge is -2.03. The van der Waals surface area contributed by atoms with E-state index >= 15 is 0 Å². The predicted molar refractivity (Wildman–Crippen MR) is 80.5 cm³/mol. The van der Waals surface area contributed by atoms with E-state index in [0.717, 1.165) is 30.4 Å². The normalized spacial score (nSPS) is 10.6. The van der Waals surface area contributed by atoms with E-state index in [4.69, 9.17) is 0 Å². The highest BCUT2D eigenvalue weighted by molar-refractivity contribution is 5.75. The molecule has 112 valence electrons. The Balaban J connectivity index is 1.91. The maximum atomic E-state index is 11.7. The van der Waals surface area contributed by atoms with Crippen molar-refractivity contribution in [2.24, 2.45) is 0 Å². The summed E-state index contributed by atoms with van der Waals surface area (Å²) in [7, 11) is 0. The smallest absolute Gasteiger partial charge is 0.243 e. The minimum absolute atomic E-state index is 0.0835. The van der Waals surface area contributed by atoms with E-state index in [1.165, 1.54) is 4.80 Å². The Bertz CT molecular complexity index is 593. The fourth-order valence-corrected chi connectivity index (χ4v) is 2.03. The molecular weight excluding hydrogens is 266 g/mol. The average Bonchev–Trinajstić information content (AvgIpc) is 2.92. The molecule has 1 heterocycles. The van der Waals surface area contributed by atoms with Crippen LogP contribution >= 0.6 is 0 Å². The first-order chi connectivity index (χ1) is 10.2. The Morgan fingerprint density at radius 3 is 2.86 bits per heavy atom. The second-order valence-corrected chi connectivity index (χ2v) is 5.02. The number of nitrogens with zero attached hydrogens (tertiary/aromatic N) is 4. The molecule has 0 aliphatic rings. The highest BCUT2D eigenvalue weighted by Crippen LogP contribution is 2.17. The van der Waals surface area contributed by atoms with Gasteiger partial charge in [-0.25, -0.2) is 0 Å². The lowest BCUT2D eigenvalue weighted by atomic mass is 10.1. The monoisotopic (exact) mass is 287 g/mol. The molecule has 1 N–H and O–H groups in total. The summed E-state index contributed by atoms with van der Waals surface area (Å²) in [6.45, 7) is 4.93. The Hall–Kier alpha value is -2.24. The molecule has 1 aromatic carbocycles. The van der Waals surface area contributed by atoms with Crippen LogP contribution in [-0.4, -0.2) is 32.7 Å². The van der Waals surface area contributed by atoms with Gasteiger partial charge in [-0.2, -0.15) is 4.80 Å². The Morgan fingerprint density at radius 2 is 2.10 bits per heavy atom. The fourth-order valence-electron chi connectivity index (χ4n) is 2.03. The van der Waals surface area contributed by atoms with E-state index in [0.29, 0.717) is 12.4 Å². The van der Waals surface area contributed by atoms with Crippen molar-refractivity contribution < 1.29 is 4.79 Å². The van der Waals surface area contributed by atoms with Crippen LogP contribution in [0.1, 0.15) is 31.7 Å². The summed E-state index contributed by atoms with van der Waals surface area (Å²) >= 11 is 0. The zero-order valence-corrected chi connectivity index (χ0v) is 12.5. The van der Waals surface area contributed by atoms with Crippen LogP contribution in [0.4, 0.5) is 0 Å². The zero-order chi connectivity index (χ0) is 15.1. The summed E-state index contributed by atoms with van der Waals surface area (Å²) in [5.41, 5.74) is 2.02. The molecule has 0 unspecified atom stereocenters. The summed E-state index contributed by atoms with van der Waals surface area (Å²) in [5, 5.41) is 15.1. The van der Waals surface area contributed by atoms with Crippen molar-refractivity contribution in [2.45, 2.75) is 39.7 Å². The van der Waals surface area contributed by atoms with Crippen molar-refractivity contribution in [3.05, 3.63) is 29.8 Å². The standard InChI is InChI=1S/C15H21N5O/c1-3-4-7-10-16-14(21)11-20-18-15(17-19-20)13-9-6-5-8-12(13)2/h5-6,8-9H,3-4,7,10-11H2,1-2H3,(H,16,21). The van der Waals surface area contributed by atoms with Crippen molar-refractivity contribution >= 4 is 5.91 Å². The topological polar surface area (TPSA) is 72.7 Å². The molecule has 0 saturated heterocycles. The number of amides is 1. The molecule has 6 nitrogen and oxygen atoms in total. The average molecular weight is 287 g/mol. The molecule has 0 aliphatic carbocycles. The number of nitrogens with one attached hydrogen (secondary N) is 1. The minimum Gasteiger partial charge on any atom is -0.354 e. The number of tetrazole rings is 1. The first kappa shape index (κ1) is 15.2. The molecule has 0 saturated carbocycles. The number of aromatic nitrogens is 4. The Labute approximate surface area is 124 Å². The summed E-state index contributed by atoms with van der Waals surface area (Å²) < 4.78 is 0. The van der Waals surface area contributed by atoms with Gasteiger partial charge in [0.15, 0.2) is 0 Å². The molecule has 2 aromatic rings.